The average molecular weight is 425 g/mol. The molecule has 4 rings (SSSR count). The highest BCUT2D eigenvalue weighted by molar-refractivity contribution is 6.08. The zero-order chi connectivity index (χ0) is 22.3. The van der Waals surface area contributed by atoms with Gasteiger partial charge in [0.1, 0.15) is 0 Å². The number of aromatic nitrogens is 1. The lowest BCUT2D eigenvalue weighted by atomic mass is 9.90. The van der Waals surface area contributed by atoms with E-state index >= 15 is 0 Å². The Morgan fingerprint density at radius 3 is 2.45 bits per heavy atom. The number of aryl methyl sites for hydroxylation is 2. The van der Waals surface area contributed by atoms with Crippen molar-refractivity contribution >= 4 is 22.7 Å². The van der Waals surface area contributed by atoms with Gasteiger partial charge in [-0.3, -0.25) is 14.5 Å². The van der Waals surface area contributed by atoms with Gasteiger partial charge in [-0.25, -0.2) is 0 Å². The molecular weight excluding hydrogens is 388 g/mol. The van der Waals surface area contributed by atoms with Gasteiger partial charge in [0.15, 0.2) is 0 Å². The van der Waals surface area contributed by atoms with Gasteiger partial charge in [-0.2, -0.15) is 0 Å². The van der Waals surface area contributed by atoms with Crippen molar-refractivity contribution in [2.24, 2.45) is 13.0 Å². The number of carbonyl (C=O) groups excluding carboxylic acids is 2. The summed E-state index contributed by atoms with van der Waals surface area (Å²) in [5, 5.41) is 7.34. The lowest BCUT2D eigenvalue weighted by molar-refractivity contribution is -0.125. The van der Waals surface area contributed by atoms with Crippen molar-refractivity contribution < 1.29 is 9.59 Å². The van der Waals surface area contributed by atoms with Crippen molar-refractivity contribution in [1.29, 1.82) is 0 Å². The Balaban J connectivity index is 1.35. The number of nitrogens with one attached hydrogen (secondary N) is 2. The standard InChI is InChI=1S/C25H36N4O2/c1-16-7-6-8-21-23(16)20(14-28(21)5)24(31)26-13-17-11-18-9-10-19(12-17)29(18)15-22(30)27-25(2,3)4/h6-8,14,17-19H,9-13,15H2,1-5H3,(H,26,31)(H,27,30)/t17?,18-,19+. The molecule has 0 aliphatic carbocycles. The summed E-state index contributed by atoms with van der Waals surface area (Å²) in [6.45, 7) is 9.31. The van der Waals surface area contributed by atoms with E-state index in [1.807, 2.05) is 44.6 Å². The molecule has 2 saturated heterocycles. The highest BCUT2D eigenvalue weighted by atomic mass is 16.2. The van der Waals surface area contributed by atoms with Gasteiger partial charge >= 0.3 is 0 Å². The van der Waals surface area contributed by atoms with Crippen LogP contribution in [0.25, 0.3) is 10.9 Å². The molecule has 2 aliphatic rings. The Kier molecular flexibility index (Phi) is 5.86. The van der Waals surface area contributed by atoms with E-state index in [9.17, 15) is 9.59 Å². The number of rotatable bonds is 5. The normalized spacial score (nSPS) is 23.8. The van der Waals surface area contributed by atoms with Gasteiger partial charge in [0.2, 0.25) is 5.91 Å². The fourth-order valence-corrected chi connectivity index (χ4v) is 5.56. The van der Waals surface area contributed by atoms with Crippen LogP contribution in [0.15, 0.2) is 24.4 Å². The van der Waals surface area contributed by atoms with Crippen LogP contribution < -0.4 is 10.6 Å². The first-order chi connectivity index (χ1) is 14.6. The predicted molar refractivity (Wildman–Crippen MR) is 124 cm³/mol. The van der Waals surface area contributed by atoms with Crippen LogP contribution in [0.4, 0.5) is 0 Å². The number of piperidine rings is 1. The van der Waals surface area contributed by atoms with Crippen molar-refractivity contribution in [3.8, 4) is 0 Å². The second-order valence-corrected chi connectivity index (χ2v) is 10.5. The van der Waals surface area contributed by atoms with Gasteiger partial charge in [-0.15, -0.1) is 0 Å². The zero-order valence-corrected chi connectivity index (χ0v) is 19.5. The summed E-state index contributed by atoms with van der Waals surface area (Å²) in [6, 6.07) is 7.05. The van der Waals surface area contributed by atoms with Crippen LogP contribution in [0.2, 0.25) is 0 Å². The zero-order valence-electron chi connectivity index (χ0n) is 19.5. The van der Waals surface area contributed by atoms with Crippen LogP contribution >= 0.6 is 0 Å². The summed E-state index contributed by atoms with van der Waals surface area (Å²) in [6.07, 6.45) is 6.34. The Morgan fingerprint density at radius 2 is 1.81 bits per heavy atom. The molecule has 2 amide bonds. The Bertz CT molecular complexity index is 973. The van der Waals surface area contributed by atoms with Gasteiger partial charge in [-0.05, 0) is 70.9 Å². The third-order valence-electron chi connectivity index (χ3n) is 6.84. The van der Waals surface area contributed by atoms with Crippen LogP contribution in [0.3, 0.4) is 0 Å². The predicted octanol–water partition coefficient (Wildman–Crippen LogP) is 3.37. The largest absolute Gasteiger partial charge is 0.352 e. The second-order valence-electron chi connectivity index (χ2n) is 10.5. The SMILES string of the molecule is Cc1cccc2c1c(C(=O)NCC1C[C@H]3CC[C@@H](C1)N3CC(=O)NC(C)(C)C)cn2C. The molecular formula is C25H36N4O2. The molecule has 2 N–H and O–H groups in total. The number of benzene rings is 1. The van der Waals surface area contributed by atoms with E-state index in [4.69, 9.17) is 0 Å². The summed E-state index contributed by atoms with van der Waals surface area (Å²) in [5.41, 5.74) is 2.78. The van der Waals surface area contributed by atoms with Crippen LogP contribution in [0.5, 0.6) is 0 Å². The first kappa shape index (κ1) is 21.9. The maximum Gasteiger partial charge on any atom is 0.253 e. The van der Waals surface area contributed by atoms with Gasteiger partial charge < -0.3 is 15.2 Å². The van der Waals surface area contributed by atoms with Crippen LogP contribution in [-0.2, 0) is 11.8 Å². The highest BCUT2D eigenvalue weighted by Crippen LogP contribution is 2.38. The molecule has 3 atom stereocenters. The maximum atomic E-state index is 13.0. The summed E-state index contributed by atoms with van der Waals surface area (Å²) in [7, 11) is 1.99. The summed E-state index contributed by atoms with van der Waals surface area (Å²) in [4.78, 5) is 27.8. The molecule has 2 fully saturated rings. The van der Waals surface area contributed by atoms with Crippen LogP contribution in [-0.4, -0.2) is 52.0 Å². The van der Waals surface area contributed by atoms with Crippen LogP contribution in [0, 0.1) is 12.8 Å². The first-order valence-electron chi connectivity index (χ1n) is 11.5. The smallest absolute Gasteiger partial charge is 0.253 e. The first-order valence-corrected chi connectivity index (χ1v) is 11.5. The highest BCUT2D eigenvalue weighted by Gasteiger charge is 2.41. The Hall–Kier alpha value is -2.34. The van der Waals surface area contributed by atoms with Gasteiger partial charge in [0, 0.05) is 48.3 Å². The topological polar surface area (TPSA) is 66.4 Å². The molecule has 0 saturated carbocycles. The molecule has 0 radical (unpaired) electrons. The van der Waals surface area contributed by atoms with E-state index in [1.165, 1.54) is 0 Å². The summed E-state index contributed by atoms with van der Waals surface area (Å²) >= 11 is 0. The van der Waals surface area contributed by atoms with Crippen LogP contribution in [0.1, 0.15) is 62.4 Å². The average Bonchev–Trinajstić information content (AvgIpc) is 3.12. The molecule has 2 aromatic rings. The monoisotopic (exact) mass is 424 g/mol. The van der Waals surface area contributed by atoms with Gasteiger partial charge in [-0.1, -0.05) is 12.1 Å². The van der Waals surface area contributed by atoms with Gasteiger partial charge in [0.25, 0.3) is 5.91 Å². The Labute approximate surface area is 185 Å². The molecule has 2 aliphatic heterocycles. The molecule has 3 heterocycles. The van der Waals surface area contributed by atoms with E-state index in [1.54, 1.807) is 0 Å². The molecule has 31 heavy (non-hydrogen) atoms. The minimum atomic E-state index is -0.196. The van der Waals surface area contributed by atoms with E-state index < -0.39 is 0 Å². The van der Waals surface area contributed by atoms with Crippen molar-refractivity contribution in [3.63, 3.8) is 0 Å². The molecule has 1 aromatic carbocycles. The van der Waals surface area contributed by atoms with Crippen molar-refractivity contribution in [2.75, 3.05) is 13.1 Å². The van der Waals surface area contributed by atoms with Crippen molar-refractivity contribution in [1.82, 2.24) is 20.1 Å². The third-order valence-corrected chi connectivity index (χ3v) is 6.84. The second kappa shape index (κ2) is 8.30. The minimum absolute atomic E-state index is 0.0132. The minimum Gasteiger partial charge on any atom is -0.352 e. The molecule has 0 spiro atoms. The molecule has 2 bridgehead atoms. The van der Waals surface area contributed by atoms with E-state index in [-0.39, 0.29) is 17.4 Å². The van der Waals surface area contributed by atoms with E-state index in [0.717, 1.165) is 47.7 Å². The number of nitrogens with zero attached hydrogens (tertiary/aromatic N) is 2. The number of fused-ring (bicyclic) bond motifs is 3. The van der Waals surface area contributed by atoms with Gasteiger partial charge in [0.05, 0.1) is 12.1 Å². The number of carbonyl (C=O) groups is 2. The van der Waals surface area contributed by atoms with Crippen molar-refractivity contribution in [2.45, 2.75) is 71.0 Å². The van der Waals surface area contributed by atoms with E-state index in [2.05, 4.69) is 34.6 Å². The fraction of sp³-hybridized carbons (Fsp3) is 0.600. The number of amides is 2. The number of hydrogen-bond donors (Lipinski definition) is 2. The fourth-order valence-electron chi connectivity index (χ4n) is 5.56. The molecule has 6 nitrogen and oxygen atoms in total. The lowest BCUT2D eigenvalue weighted by Gasteiger charge is -2.39. The quantitative estimate of drug-likeness (QED) is 0.773. The Morgan fingerprint density at radius 1 is 1.13 bits per heavy atom. The van der Waals surface area contributed by atoms with E-state index in [0.29, 0.717) is 31.1 Å². The summed E-state index contributed by atoms with van der Waals surface area (Å²) in [5.74, 6) is 0.598. The third kappa shape index (κ3) is 4.64. The molecule has 1 unspecified atom stereocenters. The van der Waals surface area contributed by atoms with Crippen molar-refractivity contribution in [3.05, 3.63) is 35.5 Å². The maximum absolute atomic E-state index is 13.0. The lowest BCUT2D eigenvalue weighted by Crippen LogP contribution is -2.52. The molecule has 1 aromatic heterocycles. The molecule has 168 valence electrons. The molecule has 6 heteroatoms. The number of hydrogen-bond acceptors (Lipinski definition) is 3. The summed E-state index contributed by atoms with van der Waals surface area (Å²) < 4.78 is 2.03.